The maximum atomic E-state index is 12.4. The average Bonchev–Trinajstić information content (AvgIpc) is 3.09. The minimum absolute atomic E-state index is 0.0239. The second-order valence-electron chi connectivity index (χ2n) is 6.94. The van der Waals surface area contributed by atoms with Crippen LogP contribution >= 0.6 is 11.6 Å². The van der Waals surface area contributed by atoms with E-state index in [1.165, 1.54) is 5.56 Å². The maximum absolute atomic E-state index is 12.4. The van der Waals surface area contributed by atoms with Crippen LogP contribution in [0.4, 0.5) is 0 Å². The molecule has 0 spiro atoms. The van der Waals surface area contributed by atoms with Gasteiger partial charge in [0.25, 0.3) is 5.91 Å². The number of benzene rings is 2. The van der Waals surface area contributed by atoms with Crippen LogP contribution in [-0.2, 0) is 11.3 Å². The van der Waals surface area contributed by atoms with E-state index in [0.717, 1.165) is 24.7 Å². The Balaban J connectivity index is 1.24. The molecule has 2 aromatic rings. The molecule has 1 saturated heterocycles. The van der Waals surface area contributed by atoms with Gasteiger partial charge in [0, 0.05) is 43.8 Å². The fraction of sp³-hybridized carbons (Fsp3) is 0.333. The number of hydrogen-bond donors (Lipinski definition) is 0. The van der Waals surface area contributed by atoms with Crippen LogP contribution < -0.4 is 9.47 Å². The molecule has 0 saturated carbocycles. The molecule has 2 aliphatic heterocycles. The van der Waals surface area contributed by atoms with Crippen LogP contribution in [0.25, 0.3) is 0 Å². The van der Waals surface area contributed by atoms with Crippen molar-refractivity contribution in [1.82, 2.24) is 9.80 Å². The van der Waals surface area contributed by atoms with Crippen molar-refractivity contribution in [2.45, 2.75) is 6.54 Å². The van der Waals surface area contributed by atoms with Crippen molar-refractivity contribution in [2.75, 3.05) is 39.4 Å². The molecule has 146 valence electrons. The molecule has 0 radical (unpaired) electrons. The summed E-state index contributed by atoms with van der Waals surface area (Å²) in [6, 6.07) is 12.9. The third-order valence-corrected chi connectivity index (χ3v) is 5.27. The maximum Gasteiger partial charge on any atom is 0.260 e. The molecule has 1 fully saturated rings. The number of amides is 1. The van der Waals surface area contributed by atoms with Crippen molar-refractivity contribution in [3.63, 3.8) is 0 Å². The van der Waals surface area contributed by atoms with E-state index in [-0.39, 0.29) is 24.9 Å². The highest BCUT2D eigenvalue weighted by molar-refractivity contribution is 6.30. The van der Waals surface area contributed by atoms with Gasteiger partial charge < -0.3 is 14.4 Å². The zero-order chi connectivity index (χ0) is 19.5. The first-order valence-corrected chi connectivity index (χ1v) is 9.64. The molecule has 2 heterocycles. The standard InChI is InChI=1S/C21H21ClN2O4/c22-16-3-1-15(2-4-16)12-23-7-9-24(10-8-23)21(26)14-27-17-5-6-18-19(25)13-28-20(18)11-17/h1-6,11H,7-10,12-14H2. The Kier molecular flexibility index (Phi) is 5.50. The topological polar surface area (TPSA) is 59.1 Å². The van der Waals surface area contributed by atoms with E-state index in [0.29, 0.717) is 30.2 Å². The van der Waals surface area contributed by atoms with E-state index in [9.17, 15) is 9.59 Å². The second-order valence-corrected chi connectivity index (χ2v) is 7.38. The molecule has 1 amide bonds. The monoisotopic (exact) mass is 400 g/mol. The third-order valence-electron chi connectivity index (χ3n) is 5.02. The Bertz CT molecular complexity index is 876. The van der Waals surface area contributed by atoms with Gasteiger partial charge >= 0.3 is 0 Å². The first kappa shape index (κ1) is 18.8. The summed E-state index contributed by atoms with van der Waals surface area (Å²) >= 11 is 5.92. The number of carbonyl (C=O) groups is 2. The van der Waals surface area contributed by atoms with Crippen molar-refractivity contribution in [3.05, 3.63) is 58.6 Å². The molecule has 0 unspecified atom stereocenters. The minimum Gasteiger partial charge on any atom is -0.485 e. The van der Waals surface area contributed by atoms with Gasteiger partial charge in [0.05, 0.1) is 5.56 Å². The molecule has 0 aromatic heterocycles. The van der Waals surface area contributed by atoms with Gasteiger partial charge in [-0.05, 0) is 29.8 Å². The Labute approximate surface area is 168 Å². The Hall–Kier alpha value is -2.57. The fourth-order valence-corrected chi connectivity index (χ4v) is 3.53. The van der Waals surface area contributed by atoms with Gasteiger partial charge in [0.2, 0.25) is 5.78 Å². The van der Waals surface area contributed by atoms with Gasteiger partial charge in [-0.2, -0.15) is 0 Å². The van der Waals surface area contributed by atoms with Crippen LogP contribution in [0.5, 0.6) is 11.5 Å². The highest BCUT2D eigenvalue weighted by Gasteiger charge is 2.23. The summed E-state index contributed by atoms with van der Waals surface area (Å²) in [5.41, 5.74) is 1.78. The zero-order valence-electron chi connectivity index (χ0n) is 15.4. The molecule has 2 aromatic carbocycles. The van der Waals surface area contributed by atoms with Gasteiger partial charge in [0.15, 0.2) is 13.2 Å². The van der Waals surface area contributed by atoms with Crippen LogP contribution in [-0.4, -0.2) is 60.9 Å². The fourth-order valence-electron chi connectivity index (χ4n) is 3.40. The van der Waals surface area contributed by atoms with Gasteiger partial charge in [-0.1, -0.05) is 23.7 Å². The molecular weight excluding hydrogens is 380 g/mol. The molecule has 6 nitrogen and oxygen atoms in total. The zero-order valence-corrected chi connectivity index (χ0v) is 16.2. The van der Waals surface area contributed by atoms with Crippen molar-refractivity contribution in [3.8, 4) is 11.5 Å². The van der Waals surface area contributed by atoms with E-state index in [1.54, 1.807) is 18.2 Å². The van der Waals surface area contributed by atoms with Gasteiger partial charge in [-0.15, -0.1) is 0 Å². The summed E-state index contributed by atoms with van der Waals surface area (Å²) in [7, 11) is 0. The lowest BCUT2D eigenvalue weighted by molar-refractivity contribution is -0.135. The van der Waals surface area contributed by atoms with Crippen molar-refractivity contribution >= 4 is 23.3 Å². The minimum atomic E-state index is -0.0383. The van der Waals surface area contributed by atoms with Crippen LogP contribution in [0.1, 0.15) is 15.9 Å². The van der Waals surface area contributed by atoms with Crippen LogP contribution in [0.3, 0.4) is 0 Å². The van der Waals surface area contributed by atoms with E-state index < -0.39 is 0 Å². The number of nitrogens with zero attached hydrogens (tertiary/aromatic N) is 2. The Morgan fingerprint density at radius 3 is 2.57 bits per heavy atom. The summed E-state index contributed by atoms with van der Waals surface area (Å²) in [6.07, 6.45) is 0. The van der Waals surface area contributed by atoms with Crippen molar-refractivity contribution in [1.29, 1.82) is 0 Å². The number of carbonyl (C=O) groups excluding carboxylic acids is 2. The normalized spacial score (nSPS) is 16.6. The number of piperazine rings is 1. The van der Waals surface area contributed by atoms with E-state index in [1.807, 2.05) is 29.2 Å². The highest BCUT2D eigenvalue weighted by atomic mass is 35.5. The second kappa shape index (κ2) is 8.20. The summed E-state index contributed by atoms with van der Waals surface area (Å²) in [5.74, 6) is 0.978. The lowest BCUT2D eigenvalue weighted by Crippen LogP contribution is -2.49. The lowest BCUT2D eigenvalue weighted by Gasteiger charge is -2.34. The molecule has 0 atom stereocenters. The first-order chi connectivity index (χ1) is 13.6. The molecular formula is C21H21ClN2O4. The summed E-state index contributed by atoms with van der Waals surface area (Å²) in [5, 5.41) is 0.737. The molecule has 28 heavy (non-hydrogen) atoms. The molecule has 0 aliphatic carbocycles. The number of ketones is 1. The highest BCUT2D eigenvalue weighted by Crippen LogP contribution is 2.29. The van der Waals surface area contributed by atoms with Crippen LogP contribution in [0.2, 0.25) is 5.02 Å². The van der Waals surface area contributed by atoms with E-state index in [4.69, 9.17) is 21.1 Å². The Morgan fingerprint density at radius 1 is 1.07 bits per heavy atom. The number of Topliss-reactive ketones (excluding diaryl/α,β-unsaturated/α-hetero) is 1. The Morgan fingerprint density at radius 2 is 1.82 bits per heavy atom. The third kappa shape index (κ3) is 4.29. The molecule has 0 bridgehead atoms. The lowest BCUT2D eigenvalue weighted by atomic mass is 10.1. The van der Waals surface area contributed by atoms with Gasteiger partial charge in [0.1, 0.15) is 11.5 Å². The van der Waals surface area contributed by atoms with Gasteiger partial charge in [-0.25, -0.2) is 0 Å². The average molecular weight is 401 g/mol. The predicted molar refractivity (Wildman–Crippen MR) is 105 cm³/mol. The number of fused-ring (bicyclic) bond motifs is 1. The van der Waals surface area contributed by atoms with Crippen molar-refractivity contribution in [2.24, 2.45) is 0 Å². The number of hydrogen-bond acceptors (Lipinski definition) is 5. The summed E-state index contributed by atoms with van der Waals surface area (Å²) in [4.78, 5) is 28.2. The van der Waals surface area contributed by atoms with E-state index in [2.05, 4.69) is 4.90 Å². The van der Waals surface area contributed by atoms with Crippen LogP contribution in [0, 0.1) is 0 Å². The number of rotatable bonds is 5. The number of ether oxygens (including phenoxy) is 2. The van der Waals surface area contributed by atoms with Crippen LogP contribution in [0.15, 0.2) is 42.5 Å². The summed E-state index contributed by atoms with van der Waals surface area (Å²) in [6.45, 7) is 3.90. The molecule has 0 N–H and O–H groups in total. The molecule has 4 rings (SSSR count). The number of halogens is 1. The first-order valence-electron chi connectivity index (χ1n) is 9.26. The predicted octanol–water partition coefficient (Wildman–Crippen LogP) is 2.64. The largest absolute Gasteiger partial charge is 0.485 e. The molecule has 7 heteroatoms. The summed E-state index contributed by atoms with van der Waals surface area (Å²) < 4.78 is 10.9. The quantitative estimate of drug-likeness (QED) is 0.772. The molecule has 2 aliphatic rings. The van der Waals surface area contributed by atoms with Gasteiger partial charge in [-0.3, -0.25) is 14.5 Å². The van der Waals surface area contributed by atoms with E-state index >= 15 is 0 Å². The smallest absolute Gasteiger partial charge is 0.260 e. The van der Waals surface area contributed by atoms with Crippen molar-refractivity contribution < 1.29 is 19.1 Å². The SMILES string of the molecule is O=C1COc2cc(OCC(=O)N3CCN(Cc4ccc(Cl)cc4)CC3)ccc21.